The number of nitrogens with one attached hydrogen (secondary N) is 2. The van der Waals surface area contributed by atoms with Crippen molar-refractivity contribution in [2.75, 3.05) is 13.1 Å². The minimum absolute atomic E-state index is 0.0187. The van der Waals surface area contributed by atoms with Crippen molar-refractivity contribution in [2.45, 2.75) is 45.6 Å². The minimum atomic E-state index is -0.178. The van der Waals surface area contributed by atoms with Gasteiger partial charge in [0, 0.05) is 24.2 Å². The lowest BCUT2D eigenvalue weighted by atomic mass is 9.90. The summed E-state index contributed by atoms with van der Waals surface area (Å²) < 4.78 is 1.84. The van der Waals surface area contributed by atoms with E-state index in [-0.39, 0.29) is 18.0 Å². The molecule has 1 aliphatic carbocycles. The highest BCUT2D eigenvalue weighted by Gasteiger charge is 2.18. The molecule has 2 aromatic heterocycles. The summed E-state index contributed by atoms with van der Waals surface area (Å²) in [6, 6.07) is 4.39. The third kappa shape index (κ3) is 3.12. The number of carbonyl (C=O) groups excluding carboxylic acids is 1. The van der Waals surface area contributed by atoms with Gasteiger partial charge in [-0.05, 0) is 62.3 Å². The number of hydrogen-bond acceptors (Lipinski definition) is 4. The van der Waals surface area contributed by atoms with Gasteiger partial charge in [-0.15, -0.1) is 0 Å². The van der Waals surface area contributed by atoms with E-state index in [1.54, 1.807) is 0 Å². The van der Waals surface area contributed by atoms with Crippen LogP contribution in [0.25, 0.3) is 21.8 Å². The average molecular weight is 367 g/mol. The van der Waals surface area contributed by atoms with Crippen molar-refractivity contribution < 1.29 is 4.79 Å². The van der Waals surface area contributed by atoms with E-state index in [1.807, 2.05) is 11.5 Å². The summed E-state index contributed by atoms with van der Waals surface area (Å²) >= 11 is 0. The molecule has 4 N–H and O–H groups in total. The zero-order valence-electron chi connectivity index (χ0n) is 15.6. The van der Waals surface area contributed by atoms with Crippen LogP contribution in [-0.4, -0.2) is 33.8 Å². The molecule has 2 heterocycles. The van der Waals surface area contributed by atoms with Gasteiger partial charge in [-0.3, -0.25) is 14.7 Å². The van der Waals surface area contributed by atoms with Gasteiger partial charge in [-0.1, -0.05) is 0 Å². The number of aromatic nitrogens is 3. The van der Waals surface area contributed by atoms with E-state index in [9.17, 15) is 9.59 Å². The molecule has 0 unspecified atom stereocenters. The van der Waals surface area contributed by atoms with E-state index in [0.29, 0.717) is 24.9 Å². The van der Waals surface area contributed by atoms with Gasteiger partial charge >= 0.3 is 0 Å². The van der Waals surface area contributed by atoms with Crippen LogP contribution in [0.3, 0.4) is 0 Å². The number of pyridine rings is 1. The molecule has 1 amide bonds. The van der Waals surface area contributed by atoms with Crippen molar-refractivity contribution in [3.8, 4) is 0 Å². The van der Waals surface area contributed by atoms with E-state index in [4.69, 9.17) is 5.73 Å². The Balaban J connectivity index is 1.81. The molecule has 7 nitrogen and oxygen atoms in total. The summed E-state index contributed by atoms with van der Waals surface area (Å²) in [6.07, 6.45) is 5.21. The molecular weight excluding hydrogens is 342 g/mol. The SMILES string of the molecule is Cc1[nH]nc2c1c(=O)n(CCCNC(=O)CN)c1cc3c(cc21)CCCC3. The third-order valence-electron chi connectivity index (χ3n) is 5.48. The second kappa shape index (κ2) is 7.15. The number of rotatable bonds is 5. The maximum atomic E-state index is 13.2. The van der Waals surface area contributed by atoms with Gasteiger partial charge in [0.1, 0.15) is 5.52 Å². The molecule has 0 bridgehead atoms. The fraction of sp³-hybridized carbons (Fsp3) is 0.450. The molecule has 0 saturated carbocycles. The fourth-order valence-corrected chi connectivity index (χ4v) is 4.07. The van der Waals surface area contributed by atoms with Crippen molar-refractivity contribution >= 4 is 27.7 Å². The predicted octanol–water partition coefficient (Wildman–Crippen LogP) is 1.53. The van der Waals surface area contributed by atoms with E-state index in [0.717, 1.165) is 35.0 Å². The van der Waals surface area contributed by atoms with Gasteiger partial charge in [0.25, 0.3) is 5.56 Å². The molecule has 0 fully saturated rings. The van der Waals surface area contributed by atoms with E-state index >= 15 is 0 Å². The standard InChI is InChI=1S/C20H25N5O2/c1-12-18-19(24-23-12)15-9-13-5-2-3-6-14(13)10-16(15)25(20(18)27)8-4-7-22-17(26)11-21/h9-10H,2-8,11,21H2,1H3,(H,22,26)(H,23,24). The number of carbonyl (C=O) groups is 1. The zero-order chi connectivity index (χ0) is 19.0. The van der Waals surface area contributed by atoms with Gasteiger partial charge in [-0.25, -0.2) is 0 Å². The highest BCUT2D eigenvalue weighted by molar-refractivity contribution is 6.04. The summed E-state index contributed by atoms with van der Waals surface area (Å²) in [5.74, 6) is -0.178. The van der Waals surface area contributed by atoms with Crippen LogP contribution in [0.15, 0.2) is 16.9 Å². The quantitative estimate of drug-likeness (QED) is 0.595. The van der Waals surface area contributed by atoms with Gasteiger partial charge in [0.05, 0.1) is 17.4 Å². The highest BCUT2D eigenvalue weighted by atomic mass is 16.1. The first-order valence-corrected chi connectivity index (χ1v) is 9.60. The molecule has 1 aromatic carbocycles. The molecule has 0 aliphatic heterocycles. The topological polar surface area (TPSA) is 106 Å². The summed E-state index contributed by atoms with van der Waals surface area (Å²) in [4.78, 5) is 24.5. The van der Waals surface area contributed by atoms with Crippen molar-refractivity contribution in [2.24, 2.45) is 5.73 Å². The van der Waals surface area contributed by atoms with Gasteiger partial charge < -0.3 is 15.6 Å². The maximum Gasteiger partial charge on any atom is 0.262 e. The Bertz CT molecular complexity index is 1080. The molecule has 7 heteroatoms. The molecule has 142 valence electrons. The largest absolute Gasteiger partial charge is 0.355 e. The molecule has 27 heavy (non-hydrogen) atoms. The molecule has 4 rings (SSSR count). The normalized spacial score (nSPS) is 13.9. The van der Waals surface area contributed by atoms with E-state index in [2.05, 4.69) is 27.6 Å². The lowest BCUT2D eigenvalue weighted by Gasteiger charge is -2.19. The Kier molecular flexibility index (Phi) is 4.70. The minimum Gasteiger partial charge on any atom is -0.355 e. The van der Waals surface area contributed by atoms with Gasteiger partial charge in [0.2, 0.25) is 5.91 Å². The molecule has 0 spiro atoms. The molecular formula is C20H25N5O2. The van der Waals surface area contributed by atoms with Crippen LogP contribution in [0.5, 0.6) is 0 Å². The Morgan fingerprint density at radius 1 is 1.30 bits per heavy atom. The van der Waals surface area contributed by atoms with E-state index < -0.39 is 0 Å². The Morgan fingerprint density at radius 2 is 2.04 bits per heavy atom. The highest BCUT2D eigenvalue weighted by Crippen LogP contribution is 2.30. The van der Waals surface area contributed by atoms with Crippen LogP contribution < -0.4 is 16.6 Å². The average Bonchev–Trinajstić information content (AvgIpc) is 3.07. The number of H-pyrrole nitrogens is 1. The molecule has 1 aliphatic rings. The molecule has 3 aromatic rings. The molecule has 0 atom stereocenters. The lowest BCUT2D eigenvalue weighted by Crippen LogP contribution is -2.32. The number of hydrogen-bond donors (Lipinski definition) is 3. The maximum absolute atomic E-state index is 13.2. The number of benzene rings is 1. The molecule has 0 saturated heterocycles. The first kappa shape index (κ1) is 17.7. The summed E-state index contributed by atoms with van der Waals surface area (Å²) in [5.41, 5.74) is 10.5. The molecule has 0 radical (unpaired) electrons. The number of aryl methyl sites for hydroxylation is 4. The number of amides is 1. The summed E-state index contributed by atoms with van der Waals surface area (Å²) in [7, 11) is 0. The second-order valence-electron chi connectivity index (χ2n) is 7.28. The summed E-state index contributed by atoms with van der Waals surface area (Å²) in [6.45, 7) is 2.90. The third-order valence-corrected chi connectivity index (χ3v) is 5.48. The van der Waals surface area contributed by atoms with Crippen LogP contribution >= 0.6 is 0 Å². The van der Waals surface area contributed by atoms with Crippen molar-refractivity contribution in [1.29, 1.82) is 0 Å². The fourth-order valence-electron chi connectivity index (χ4n) is 4.07. The van der Waals surface area contributed by atoms with Crippen LogP contribution in [0, 0.1) is 6.92 Å². The number of nitrogens with two attached hydrogens (primary N) is 1. The second-order valence-corrected chi connectivity index (χ2v) is 7.28. The van der Waals surface area contributed by atoms with Crippen LogP contribution in [0.1, 0.15) is 36.1 Å². The van der Waals surface area contributed by atoms with Crippen LogP contribution in [0.2, 0.25) is 0 Å². The van der Waals surface area contributed by atoms with Crippen LogP contribution in [-0.2, 0) is 24.2 Å². The van der Waals surface area contributed by atoms with Crippen molar-refractivity contribution in [1.82, 2.24) is 20.1 Å². The van der Waals surface area contributed by atoms with Gasteiger partial charge in [0.15, 0.2) is 0 Å². The van der Waals surface area contributed by atoms with E-state index in [1.165, 1.54) is 24.0 Å². The predicted molar refractivity (Wildman–Crippen MR) is 106 cm³/mol. The lowest BCUT2D eigenvalue weighted by molar-refractivity contribution is -0.119. The zero-order valence-corrected chi connectivity index (χ0v) is 15.6. The van der Waals surface area contributed by atoms with Crippen molar-refractivity contribution in [3.05, 3.63) is 39.3 Å². The Morgan fingerprint density at radius 3 is 2.78 bits per heavy atom. The smallest absolute Gasteiger partial charge is 0.262 e. The summed E-state index contributed by atoms with van der Waals surface area (Å²) in [5, 5.41) is 11.8. The van der Waals surface area contributed by atoms with Gasteiger partial charge in [-0.2, -0.15) is 5.10 Å². The number of fused-ring (bicyclic) bond motifs is 4. The monoisotopic (exact) mass is 367 g/mol. The van der Waals surface area contributed by atoms with Crippen molar-refractivity contribution in [3.63, 3.8) is 0 Å². The Labute approximate surface area is 156 Å². The number of aromatic amines is 1. The first-order valence-electron chi connectivity index (χ1n) is 9.60. The Hall–Kier alpha value is -2.67. The first-order chi connectivity index (χ1) is 13.1. The number of nitrogens with zero attached hydrogens (tertiary/aromatic N) is 2. The van der Waals surface area contributed by atoms with Crippen LogP contribution in [0.4, 0.5) is 0 Å².